The highest BCUT2D eigenvalue weighted by molar-refractivity contribution is 5.21. The van der Waals surface area contributed by atoms with Crippen molar-refractivity contribution in [2.45, 2.75) is 12.6 Å². The number of nitrogens with one attached hydrogen (secondary N) is 2. The smallest absolute Gasteiger partial charge is 0.167 e. The predicted octanol–water partition coefficient (Wildman–Crippen LogP) is -0.0424. The van der Waals surface area contributed by atoms with E-state index in [0.717, 1.165) is 5.70 Å². The van der Waals surface area contributed by atoms with Crippen molar-refractivity contribution < 1.29 is 5.11 Å². The lowest BCUT2D eigenvalue weighted by Crippen LogP contribution is -2.50. The molecule has 0 fully saturated rings. The van der Waals surface area contributed by atoms with E-state index in [-0.39, 0.29) is 0 Å². The van der Waals surface area contributed by atoms with Crippen molar-refractivity contribution in [1.29, 1.82) is 0 Å². The van der Waals surface area contributed by atoms with Crippen molar-refractivity contribution in [2.24, 2.45) is 0 Å². The van der Waals surface area contributed by atoms with E-state index in [4.69, 9.17) is 0 Å². The number of hydrogen-bond donors (Lipinski definition) is 3. The molecule has 0 radical (unpaired) electrons. The molecule has 1 heterocycles. The molecule has 11 heavy (non-hydrogen) atoms. The van der Waals surface area contributed by atoms with Crippen LogP contribution < -0.4 is 10.6 Å². The topological polar surface area (TPSA) is 44.3 Å². The minimum Gasteiger partial charge on any atom is -0.366 e. The van der Waals surface area contributed by atoms with Gasteiger partial charge in [-0.15, -0.1) is 0 Å². The maximum absolute atomic E-state index is 9.74. The van der Waals surface area contributed by atoms with Gasteiger partial charge in [0.15, 0.2) is 5.72 Å². The quantitative estimate of drug-likeness (QED) is 0.523. The number of dihydropyridines is 1. The van der Waals surface area contributed by atoms with E-state index < -0.39 is 5.72 Å². The van der Waals surface area contributed by atoms with Gasteiger partial charge in [-0.3, -0.25) is 0 Å². The second-order valence-corrected chi connectivity index (χ2v) is 2.79. The molecule has 0 bridgehead atoms. The van der Waals surface area contributed by atoms with Gasteiger partial charge in [0.2, 0.25) is 0 Å². The van der Waals surface area contributed by atoms with E-state index in [0.29, 0.717) is 6.54 Å². The molecule has 0 saturated carbocycles. The molecule has 3 heteroatoms. The largest absolute Gasteiger partial charge is 0.366 e. The number of allylic oxidation sites excluding steroid dienone is 3. The minimum absolute atomic E-state index is 0.509. The van der Waals surface area contributed by atoms with Crippen LogP contribution in [0.15, 0.2) is 23.9 Å². The SMILES string of the molecule is CNCC1(O)C=CC=C(C)N1. The third kappa shape index (κ3) is 2.06. The van der Waals surface area contributed by atoms with E-state index in [1.807, 2.05) is 19.1 Å². The summed E-state index contributed by atoms with van der Waals surface area (Å²) >= 11 is 0. The van der Waals surface area contributed by atoms with Gasteiger partial charge in [0.25, 0.3) is 0 Å². The molecule has 1 aliphatic heterocycles. The monoisotopic (exact) mass is 154 g/mol. The summed E-state index contributed by atoms with van der Waals surface area (Å²) in [7, 11) is 1.81. The molecule has 3 N–H and O–H groups in total. The van der Waals surface area contributed by atoms with Crippen molar-refractivity contribution in [1.82, 2.24) is 10.6 Å². The van der Waals surface area contributed by atoms with Crippen molar-refractivity contribution in [3.63, 3.8) is 0 Å². The Morgan fingerprint density at radius 1 is 1.73 bits per heavy atom. The Labute approximate surface area is 66.8 Å². The van der Waals surface area contributed by atoms with Gasteiger partial charge in [0.1, 0.15) is 0 Å². The Kier molecular flexibility index (Phi) is 2.31. The van der Waals surface area contributed by atoms with Crippen LogP contribution in [0.2, 0.25) is 0 Å². The third-order valence-electron chi connectivity index (χ3n) is 1.58. The summed E-state index contributed by atoms with van der Waals surface area (Å²) in [6.45, 7) is 2.43. The van der Waals surface area contributed by atoms with Crippen LogP contribution in [0.4, 0.5) is 0 Å². The summed E-state index contributed by atoms with van der Waals surface area (Å²) in [5, 5.41) is 15.6. The fourth-order valence-corrected chi connectivity index (χ4v) is 1.15. The molecule has 3 nitrogen and oxygen atoms in total. The molecule has 62 valence electrons. The highest BCUT2D eigenvalue weighted by Gasteiger charge is 2.23. The van der Waals surface area contributed by atoms with Gasteiger partial charge in [-0.2, -0.15) is 0 Å². The summed E-state index contributed by atoms with van der Waals surface area (Å²) in [5.41, 5.74) is 0.0679. The lowest BCUT2D eigenvalue weighted by Gasteiger charge is -2.29. The summed E-state index contributed by atoms with van der Waals surface area (Å²) < 4.78 is 0. The fourth-order valence-electron chi connectivity index (χ4n) is 1.15. The molecule has 0 aliphatic carbocycles. The van der Waals surface area contributed by atoms with Crippen LogP contribution in [0.5, 0.6) is 0 Å². The normalized spacial score (nSPS) is 29.5. The first-order valence-corrected chi connectivity index (χ1v) is 3.67. The summed E-state index contributed by atoms with van der Waals surface area (Å²) in [5.74, 6) is 0. The lowest BCUT2D eigenvalue weighted by atomic mass is 10.1. The van der Waals surface area contributed by atoms with Crippen LogP contribution in [-0.4, -0.2) is 24.4 Å². The molecule has 0 saturated heterocycles. The Bertz CT molecular complexity index is 198. The molecule has 1 unspecified atom stereocenters. The number of hydrogen-bond acceptors (Lipinski definition) is 3. The van der Waals surface area contributed by atoms with E-state index in [2.05, 4.69) is 10.6 Å². The molecule has 0 amide bonds. The first-order valence-electron chi connectivity index (χ1n) is 3.67. The Morgan fingerprint density at radius 2 is 2.45 bits per heavy atom. The Balaban J connectivity index is 2.62. The molecule has 0 spiro atoms. The molecular formula is C8H14N2O. The van der Waals surface area contributed by atoms with Gasteiger partial charge in [0, 0.05) is 12.2 Å². The van der Waals surface area contributed by atoms with E-state index in [1.54, 1.807) is 13.1 Å². The van der Waals surface area contributed by atoms with E-state index >= 15 is 0 Å². The van der Waals surface area contributed by atoms with Crippen LogP contribution in [0.1, 0.15) is 6.92 Å². The number of aliphatic hydroxyl groups is 1. The molecule has 0 aromatic heterocycles. The second kappa shape index (κ2) is 3.07. The number of rotatable bonds is 2. The number of likely N-dealkylation sites (N-methyl/N-ethyl adjacent to an activating group) is 1. The molecule has 1 rings (SSSR count). The van der Waals surface area contributed by atoms with E-state index in [9.17, 15) is 5.11 Å². The standard InChI is InChI=1S/C8H14N2O/c1-7-4-3-5-8(11,10-7)6-9-2/h3-5,9-11H,6H2,1-2H3. The molecule has 1 aliphatic rings. The maximum Gasteiger partial charge on any atom is 0.167 e. The maximum atomic E-state index is 9.74. The van der Waals surface area contributed by atoms with Crippen molar-refractivity contribution in [3.05, 3.63) is 23.9 Å². The van der Waals surface area contributed by atoms with Gasteiger partial charge >= 0.3 is 0 Å². The van der Waals surface area contributed by atoms with Gasteiger partial charge in [0.05, 0.1) is 0 Å². The third-order valence-corrected chi connectivity index (χ3v) is 1.58. The predicted molar refractivity (Wildman–Crippen MR) is 44.9 cm³/mol. The first-order chi connectivity index (χ1) is 5.16. The summed E-state index contributed by atoms with van der Waals surface area (Å²) in [6.07, 6.45) is 5.50. The first kappa shape index (κ1) is 8.30. The van der Waals surface area contributed by atoms with Crippen LogP contribution >= 0.6 is 0 Å². The molecule has 1 atom stereocenters. The van der Waals surface area contributed by atoms with Gasteiger partial charge in [-0.25, -0.2) is 0 Å². The van der Waals surface area contributed by atoms with E-state index in [1.165, 1.54) is 0 Å². The summed E-state index contributed by atoms with van der Waals surface area (Å²) in [6, 6.07) is 0. The Morgan fingerprint density at radius 3 is 3.00 bits per heavy atom. The van der Waals surface area contributed by atoms with Gasteiger partial charge < -0.3 is 15.7 Å². The van der Waals surface area contributed by atoms with Crippen LogP contribution in [0, 0.1) is 0 Å². The van der Waals surface area contributed by atoms with Crippen molar-refractivity contribution in [3.8, 4) is 0 Å². The lowest BCUT2D eigenvalue weighted by molar-refractivity contribution is 0.0654. The molecular weight excluding hydrogens is 140 g/mol. The summed E-state index contributed by atoms with van der Waals surface area (Å²) in [4.78, 5) is 0. The Hall–Kier alpha value is -0.800. The van der Waals surface area contributed by atoms with Gasteiger partial charge in [-0.1, -0.05) is 6.08 Å². The average molecular weight is 154 g/mol. The zero-order valence-electron chi connectivity index (χ0n) is 6.89. The van der Waals surface area contributed by atoms with Crippen LogP contribution in [0.25, 0.3) is 0 Å². The zero-order valence-corrected chi connectivity index (χ0v) is 6.89. The average Bonchev–Trinajstić information content (AvgIpc) is 1.86. The highest BCUT2D eigenvalue weighted by Crippen LogP contribution is 2.09. The van der Waals surface area contributed by atoms with Gasteiger partial charge in [-0.05, 0) is 26.1 Å². The van der Waals surface area contributed by atoms with Crippen molar-refractivity contribution >= 4 is 0 Å². The fraction of sp³-hybridized carbons (Fsp3) is 0.500. The zero-order chi connectivity index (χ0) is 8.32. The molecule has 0 aromatic rings. The molecule has 0 aromatic carbocycles. The van der Waals surface area contributed by atoms with Crippen molar-refractivity contribution in [2.75, 3.05) is 13.6 Å². The van der Waals surface area contributed by atoms with Crippen LogP contribution in [0.3, 0.4) is 0 Å². The van der Waals surface area contributed by atoms with Crippen LogP contribution in [-0.2, 0) is 0 Å². The highest BCUT2D eigenvalue weighted by atomic mass is 16.3. The minimum atomic E-state index is -0.909. The second-order valence-electron chi connectivity index (χ2n) is 2.79.